The second kappa shape index (κ2) is 7.20. The van der Waals surface area contributed by atoms with Crippen LogP contribution < -0.4 is 5.32 Å². The lowest BCUT2D eigenvalue weighted by atomic mass is 9.98. The minimum atomic E-state index is -0.145. The molecule has 0 aliphatic carbocycles. The minimum absolute atomic E-state index is 0.110. The first-order valence-electron chi connectivity index (χ1n) is 7.50. The number of hydrogen-bond acceptors (Lipinski definition) is 6. The van der Waals surface area contributed by atoms with Gasteiger partial charge in [0.25, 0.3) is 5.91 Å². The number of nitrogens with one attached hydrogen (secondary N) is 1. The third kappa shape index (κ3) is 3.60. The maximum atomic E-state index is 12.1. The first-order chi connectivity index (χ1) is 11.2. The van der Waals surface area contributed by atoms with Gasteiger partial charge in [0.1, 0.15) is 5.69 Å². The number of rotatable bonds is 6. The minimum Gasteiger partial charge on any atom is -0.383 e. The monoisotopic (exact) mass is 336 g/mol. The van der Waals surface area contributed by atoms with E-state index < -0.39 is 0 Å². The number of carbonyl (C=O) groups excluding carboxylic acids is 1. The van der Waals surface area contributed by atoms with Crippen LogP contribution in [0.25, 0.3) is 0 Å². The van der Waals surface area contributed by atoms with Gasteiger partial charge in [0.05, 0.1) is 43.3 Å². The molecule has 2 aromatic heterocycles. The van der Waals surface area contributed by atoms with Gasteiger partial charge in [0.15, 0.2) is 0 Å². The molecule has 8 heteroatoms. The number of aryl methyl sites for hydroxylation is 1. The summed E-state index contributed by atoms with van der Waals surface area (Å²) in [5.41, 5.74) is 2.68. The van der Waals surface area contributed by atoms with Crippen molar-refractivity contribution in [1.82, 2.24) is 20.1 Å². The molecule has 1 N–H and O–H groups in total. The predicted octanol–water partition coefficient (Wildman–Crippen LogP) is 1.34. The third-order valence-electron chi connectivity index (χ3n) is 3.85. The maximum Gasteiger partial charge on any atom is 0.270 e. The second-order valence-corrected chi connectivity index (χ2v) is 6.50. The average Bonchev–Trinajstić information content (AvgIpc) is 3.17. The number of nitrogens with zero attached hydrogens (tertiary/aromatic N) is 3. The SMILES string of the molecule is COCCn1ncc2c1COCC2CNC(=O)c1csc(C)n1. The van der Waals surface area contributed by atoms with Crippen LogP contribution in [-0.4, -0.2) is 47.5 Å². The van der Waals surface area contributed by atoms with E-state index in [1.807, 2.05) is 17.8 Å². The molecule has 0 fully saturated rings. The summed E-state index contributed by atoms with van der Waals surface area (Å²) in [5.74, 6) is -0.0352. The van der Waals surface area contributed by atoms with Gasteiger partial charge in [0.2, 0.25) is 0 Å². The van der Waals surface area contributed by atoms with Gasteiger partial charge >= 0.3 is 0 Å². The lowest BCUT2D eigenvalue weighted by Gasteiger charge is -2.23. The standard InChI is InChI=1S/C15H20N4O3S/c1-10-18-13(9-23-10)15(20)16-5-11-7-22-8-14-12(11)6-17-19(14)3-4-21-2/h6,9,11H,3-5,7-8H2,1-2H3,(H,16,20). The molecule has 1 amide bonds. The van der Waals surface area contributed by atoms with Crippen molar-refractivity contribution in [3.8, 4) is 0 Å². The van der Waals surface area contributed by atoms with E-state index in [4.69, 9.17) is 9.47 Å². The Hall–Kier alpha value is -1.77. The van der Waals surface area contributed by atoms with Gasteiger partial charge in [-0.15, -0.1) is 11.3 Å². The number of thiazole rings is 1. The molecule has 3 rings (SSSR count). The maximum absolute atomic E-state index is 12.1. The fourth-order valence-electron chi connectivity index (χ4n) is 2.63. The summed E-state index contributed by atoms with van der Waals surface area (Å²) in [6.45, 7) is 4.84. The fraction of sp³-hybridized carbons (Fsp3) is 0.533. The van der Waals surface area contributed by atoms with E-state index in [1.54, 1.807) is 12.5 Å². The number of amides is 1. The summed E-state index contributed by atoms with van der Waals surface area (Å²) in [4.78, 5) is 16.3. The van der Waals surface area contributed by atoms with E-state index in [9.17, 15) is 4.79 Å². The second-order valence-electron chi connectivity index (χ2n) is 5.44. The van der Waals surface area contributed by atoms with E-state index in [2.05, 4.69) is 15.4 Å². The molecule has 7 nitrogen and oxygen atoms in total. The number of hydrogen-bond donors (Lipinski definition) is 1. The van der Waals surface area contributed by atoms with Crippen molar-refractivity contribution in [2.75, 3.05) is 26.9 Å². The molecular weight excluding hydrogens is 316 g/mol. The molecule has 1 aliphatic heterocycles. The highest BCUT2D eigenvalue weighted by molar-refractivity contribution is 7.09. The highest BCUT2D eigenvalue weighted by Crippen LogP contribution is 2.26. The molecule has 1 unspecified atom stereocenters. The molecule has 3 heterocycles. The molecule has 1 aliphatic rings. The Morgan fingerprint density at radius 1 is 1.61 bits per heavy atom. The molecule has 0 aromatic carbocycles. The highest BCUT2D eigenvalue weighted by Gasteiger charge is 2.25. The Morgan fingerprint density at radius 2 is 2.48 bits per heavy atom. The largest absolute Gasteiger partial charge is 0.383 e. The molecule has 124 valence electrons. The van der Waals surface area contributed by atoms with Gasteiger partial charge in [0, 0.05) is 30.5 Å². The number of fused-ring (bicyclic) bond motifs is 1. The van der Waals surface area contributed by atoms with Crippen molar-refractivity contribution in [3.63, 3.8) is 0 Å². The Kier molecular flexibility index (Phi) is 5.04. The van der Waals surface area contributed by atoms with Crippen molar-refractivity contribution < 1.29 is 14.3 Å². The molecule has 1 atom stereocenters. The summed E-state index contributed by atoms with van der Waals surface area (Å²) in [6.07, 6.45) is 1.87. The molecular formula is C15H20N4O3S. The number of methoxy groups -OCH3 is 1. The molecule has 0 saturated heterocycles. The van der Waals surface area contributed by atoms with E-state index >= 15 is 0 Å². The van der Waals surface area contributed by atoms with Gasteiger partial charge in [-0.25, -0.2) is 4.98 Å². The summed E-state index contributed by atoms with van der Waals surface area (Å²) < 4.78 is 12.7. The summed E-state index contributed by atoms with van der Waals surface area (Å²) >= 11 is 1.47. The first-order valence-corrected chi connectivity index (χ1v) is 8.38. The molecule has 0 spiro atoms. The van der Waals surface area contributed by atoms with Gasteiger partial charge in [-0.1, -0.05) is 0 Å². The van der Waals surface area contributed by atoms with Gasteiger partial charge in [-0.05, 0) is 6.92 Å². The van der Waals surface area contributed by atoms with Gasteiger partial charge < -0.3 is 14.8 Å². The number of ether oxygens (including phenoxy) is 2. The van der Waals surface area contributed by atoms with Crippen molar-refractivity contribution in [2.45, 2.75) is 26.0 Å². The lowest BCUT2D eigenvalue weighted by Crippen LogP contribution is -2.32. The van der Waals surface area contributed by atoms with Crippen LogP contribution in [0.1, 0.15) is 32.7 Å². The van der Waals surface area contributed by atoms with E-state index in [0.717, 1.165) is 16.3 Å². The average molecular weight is 336 g/mol. The normalized spacial score (nSPS) is 17.0. The topological polar surface area (TPSA) is 78.3 Å². The van der Waals surface area contributed by atoms with Crippen LogP contribution in [0.2, 0.25) is 0 Å². The molecule has 0 bridgehead atoms. The van der Waals surface area contributed by atoms with Crippen LogP contribution in [0, 0.1) is 6.92 Å². The highest BCUT2D eigenvalue weighted by atomic mass is 32.1. The van der Waals surface area contributed by atoms with Crippen LogP contribution in [0.15, 0.2) is 11.6 Å². The molecule has 2 aromatic rings. The van der Waals surface area contributed by atoms with Gasteiger partial charge in [-0.2, -0.15) is 5.10 Å². The summed E-state index contributed by atoms with van der Waals surface area (Å²) in [7, 11) is 1.67. The van der Waals surface area contributed by atoms with E-state index in [0.29, 0.717) is 38.6 Å². The van der Waals surface area contributed by atoms with Gasteiger partial charge in [-0.3, -0.25) is 9.48 Å². The Morgan fingerprint density at radius 3 is 3.22 bits per heavy atom. The van der Waals surface area contributed by atoms with Crippen LogP contribution >= 0.6 is 11.3 Å². The summed E-state index contributed by atoms with van der Waals surface area (Å²) in [5, 5.41) is 10.0. The molecule has 0 radical (unpaired) electrons. The van der Waals surface area contributed by atoms with E-state index in [-0.39, 0.29) is 11.8 Å². The predicted molar refractivity (Wildman–Crippen MR) is 85.7 cm³/mol. The van der Waals surface area contributed by atoms with E-state index in [1.165, 1.54) is 11.3 Å². The quantitative estimate of drug-likeness (QED) is 0.861. The van der Waals surface area contributed by atoms with Crippen molar-refractivity contribution >= 4 is 17.2 Å². The van der Waals surface area contributed by atoms with Crippen molar-refractivity contribution in [1.29, 1.82) is 0 Å². The number of aromatic nitrogens is 3. The Bertz CT molecular complexity index is 682. The smallest absolute Gasteiger partial charge is 0.270 e. The zero-order valence-electron chi connectivity index (χ0n) is 13.2. The zero-order chi connectivity index (χ0) is 16.2. The zero-order valence-corrected chi connectivity index (χ0v) is 14.1. The lowest BCUT2D eigenvalue weighted by molar-refractivity contribution is 0.0795. The Labute approximate surface area is 138 Å². The summed E-state index contributed by atoms with van der Waals surface area (Å²) in [6, 6.07) is 0. The molecule has 0 saturated carbocycles. The van der Waals surface area contributed by atoms with Crippen LogP contribution in [0.5, 0.6) is 0 Å². The molecule has 23 heavy (non-hydrogen) atoms. The van der Waals surface area contributed by atoms with Crippen molar-refractivity contribution in [2.24, 2.45) is 0 Å². The Balaban J connectivity index is 1.64. The fourth-order valence-corrected chi connectivity index (χ4v) is 3.22. The van der Waals surface area contributed by atoms with Crippen molar-refractivity contribution in [3.05, 3.63) is 33.5 Å². The third-order valence-corrected chi connectivity index (χ3v) is 4.62. The first kappa shape index (κ1) is 16.1. The van der Waals surface area contributed by atoms with Crippen LogP contribution in [0.3, 0.4) is 0 Å². The number of carbonyl (C=O) groups is 1. The van der Waals surface area contributed by atoms with Crippen LogP contribution in [-0.2, 0) is 22.6 Å². The van der Waals surface area contributed by atoms with Crippen LogP contribution in [0.4, 0.5) is 0 Å².